The van der Waals surface area contributed by atoms with Gasteiger partial charge in [0.1, 0.15) is 0 Å². The Morgan fingerprint density at radius 3 is 3.06 bits per heavy atom. The molecule has 0 saturated heterocycles. The molecule has 86 valence electrons. The van der Waals surface area contributed by atoms with Gasteiger partial charge in [0.05, 0.1) is 10.2 Å². The largest absolute Gasteiger partial charge is 0.399 e. The number of nitrogens with two attached hydrogens (primary N) is 1. The van der Waals surface area contributed by atoms with E-state index in [-0.39, 0.29) is 0 Å². The molecule has 2 rings (SSSR count). The number of unbranched alkanes of at least 4 members (excludes halogenated alkanes) is 2. The van der Waals surface area contributed by atoms with Gasteiger partial charge in [0.2, 0.25) is 0 Å². The van der Waals surface area contributed by atoms with Gasteiger partial charge in [-0.25, -0.2) is 4.98 Å². The summed E-state index contributed by atoms with van der Waals surface area (Å²) in [6.45, 7) is 2.23. The molecule has 0 saturated carbocycles. The predicted octanol–water partition coefficient (Wildman–Crippen LogP) is 4.16. The van der Waals surface area contributed by atoms with Crippen LogP contribution in [0.3, 0.4) is 0 Å². The van der Waals surface area contributed by atoms with Crippen LogP contribution in [0.5, 0.6) is 0 Å². The van der Waals surface area contributed by atoms with Crippen molar-refractivity contribution in [2.24, 2.45) is 0 Å². The van der Waals surface area contributed by atoms with Gasteiger partial charge in [0, 0.05) is 11.4 Å². The van der Waals surface area contributed by atoms with Gasteiger partial charge in [-0.15, -0.1) is 11.3 Å². The van der Waals surface area contributed by atoms with Crippen LogP contribution in [0.1, 0.15) is 26.2 Å². The number of hydrogen-bond donors (Lipinski definition) is 1. The van der Waals surface area contributed by atoms with Crippen molar-refractivity contribution in [3.8, 4) is 0 Å². The maximum absolute atomic E-state index is 5.74. The number of hydrogen-bond acceptors (Lipinski definition) is 4. The van der Waals surface area contributed by atoms with Crippen molar-refractivity contribution in [3.05, 3.63) is 18.2 Å². The summed E-state index contributed by atoms with van der Waals surface area (Å²) in [6, 6.07) is 5.91. The summed E-state index contributed by atoms with van der Waals surface area (Å²) in [6.07, 6.45) is 3.86. The summed E-state index contributed by atoms with van der Waals surface area (Å²) < 4.78 is 2.36. The molecular formula is C12H16N2S2. The Morgan fingerprint density at radius 2 is 2.25 bits per heavy atom. The highest BCUT2D eigenvalue weighted by atomic mass is 32.2. The lowest BCUT2D eigenvalue weighted by Gasteiger charge is -1.94. The van der Waals surface area contributed by atoms with Gasteiger partial charge >= 0.3 is 0 Å². The molecule has 0 fully saturated rings. The third-order valence-electron chi connectivity index (χ3n) is 2.37. The van der Waals surface area contributed by atoms with Crippen LogP contribution < -0.4 is 5.73 Å². The summed E-state index contributed by atoms with van der Waals surface area (Å²) in [4.78, 5) is 4.58. The van der Waals surface area contributed by atoms with Gasteiger partial charge in [-0.05, 0) is 24.6 Å². The number of fused-ring (bicyclic) bond motifs is 1. The van der Waals surface area contributed by atoms with Crippen LogP contribution in [0, 0.1) is 0 Å². The minimum absolute atomic E-state index is 0.818. The number of thioether (sulfide) groups is 1. The highest BCUT2D eigenvalue weighted by Crippen LogP contribution is 2.31. The maximum Gasteiger partial charge on any atom is 0.151 e. The Labute approximate surface area is 104 Å². The fourth-order valence-corrected chi connectivity index (χ4v) is 3.68. The number of nitrogens with zero attached hydrogens (tertiary/aromatic N) is 1. The molecule has 1 aromatic carbocycles. The van der Waals surface area contributed by atoms with E-state index in [9.17, 15) is 0 Å². The summed E-state index contributed by atoms with van der Waals surface area (Å²) in [5.74, 6) is 1.17. The van der Waals surface area contributed by atoms with Gasteiger partial charge in [-0.3, -0.25) is 0 Å². The van der Waals surface area contributed by atoms with E-state index in [2.05, 4.69) is 11.9 Å². The zero-order valence-corrected chi connectivity index (χ0v) is 11.0. The number of nitrogen functional groups attached to an aromatic ring is 1. The normalized spacial score (nSPS) is 11.1. The van der Waals surface area contributed by atoms with Crippen molar-refractivity contribution in [2.45, 2.75) is 30.5 Å². The van der Waals surface area contributed by atoms with E-state index in [0.717, 1.165) is 15.5 Å². The van der Waals surface area contributed by atoms with Crippen LogP contribution in [0.4, 0.5) is 5.69 Å². The molecule has 4 heteroatoms. The van der Waals surface area contributed by atoms with Crippen molar-refractivity contribution < 1.29 is 0 Å². The van der Waals surface area contributed by atoms with E-state index in [1.165, 1.54) is 29.7 Å². The number of thiazole rings is 1. The smallest absolute Gasteiger partial charge is 0.151 e. The van der Waals surface area contributed by atoms with Crippen LogP contribution >= 0.6 is 23.1 Å². The van der Waals surface area contributed by atoms with E-state index < -0.39 is 0 Å². The van der Waals surface area contributed by atoms with E-state index >= 15 is 0 Å². The predicted molar refractivity (Wildman–Crippen MR) is 74.3 cm³/mol. The molecule has 2 aromatic rings. The maximum atomic E-state index is 5.74. The number of aromatic nitrogens is 1. The van der Waals surface area contributed by atoms with Gasteiger partial charge < -0.3 is 5.73 Å². The minimum atomic E-state index is 0.818. The van der Waals surface area contributed by atoms with Crippen molar-refractivity contribution in [1.29, 1.82) is 0 Å². The standard InChI is InChI=1S/C12H16N2S2/c1-2-3-4-7-15-12-14-10-6-5-9(13)8-11(10)16-12/h5-6,8H,2-4,7,13H2,1H3. The average molecular weight is 252 g/mol. The van der Waals surface area contributed by atoms with E-state index in [1.54, 1.807) is 11.3 Å². The Hall–Kier alpha value is -0.740. The molecule has 2 nitrogen and oxygen atoms in total. The first-order valence-corrected chi connectivity index (χ1v) is 7.38. The summed E-state index contributed by atoms with van der Waals surface area (Å²) in [5, 5.41) is 0. The van der Waals surface area contributed by atoms with Gasteiger partial charge in [-0.2, -0.15) is 0 Å². The monoisotopic (exact) mass is 252 g/mol. The van der Waals surface area contributed by atoms with Gasteiger partial charge in [-0.1, -0.05) is 31.5 Å². The topological polar surface area (TPSA) is 38.9 Å². The second-order valence-corrected chi connectivity index (χ2v) is 6.14. The Morgan fingerprint density at radius 1 is 1.38 bits per heavy atom. The van der Waals surface area contributed by atoms with Crippen molar-refractivity contribution in [3.63, 3.8) is 0 Å². The van der Waals surface area contributed by atoms with Crippen LogP contribution in [0.25, 0.3) is 10.2 Å². The summed E-state index contributed by atoms with van der Waals surface area (Å²) >= 11 is 3.60. The number of anilines is 1. The molecule has 0 aliphatic rings. The third-order valence-corrected chi connectivity index (χ3v) is 4.61. The SMILES string of the molecule is CCCCCSc1nc2ccc(N)cc2s1. The molecule has 16 heavy (non-hydrogen) atoms. The molecule has 0 unspecified atom stereocenters. The summed E-state index contributed by atoms with van der Waals surface area (Å²) in [7, 11) is 0. The van der Waals surface area contributed by atoms with Crippen molar-refractivity contribution in [1.82, 2.24) is 4.98 Å². The molecular weight excluding hydrogens is 236 g/mol. The fraction of sp³-hybridized carbons (Fsp3) is 0.417. The number of benzene rings is 1. The van der Waals surface area contributed by atoms with Crippen LogP contribution in [0.2, 0.25) is 0 Å². The second-order valence-electron chi connectivity index (χ2n) is 3.76. The molecule has 0 bridgehead atoms. The molecule has 0 amide bonds. The highest BCUT2D eigenvalue weighted by Gasteiger charge is 2.04. The van der Waals surface area contributed by atoms with E-state index in [4.69, 9.17) is 5.73 Å². The van der Waals surface area contributed by atoms with Gasteiger partial charge in [0.25, 0.3) is 0 Å². The first-order valence-electron chi connectivity index (χ1n) is 5.58. The van der Waals surface area contributed by atoms with E-state index in [1.807, 2.05) is 30.0 Å². The first-order chi connectivity index (χ1) is 7.79. The molecule has 0 atom stereocenters. The lowest BCUT2D eigenvalue weighted by molar-refractivity contribution is 0.778. The zero-order valence-electron chi connectivity index (χ0n) is 9.40. The average Bonchev–Trinajstić information content (AvgIpc) is 2.66. The molecule has 1 heterocycles. The Kier molecular flexibility index (Phi) is 4.07. The first kappa shape index (κ1) is 11.7. The van der Waals surface area contributed by atoms with Crippen molar-refractivity contribution >= 4 is 39.0 Å². The van der Waals surface area contributed by atoms with Crippen molar-refractivity contribution in [2.75, 3.05) is 11.5 Å². The lowest BCUT2D eigenvalue weighted by atomic mass is 10.3. The zero-order chi connectivity index (χ0) is 11.4. The lowest BCUT2D eigenvalue weighted by Crippen LogP contribution is -1.81. The molecule has 0 radical (unpaired) electrons. The third kappa shape index (κ3) is 2.89. The van der Waals surface area contributed by atoms with Crippen LogP contribution in [0.15, 0.2) is 22.5 Å². The molecule has 0 aliphatic carbocycles. The quantitative estimate of drug-likeness (QED) is 0.493. The minimum Gasteiger partial charge on any atom is -0.399 e. The molecule has 1 aromatic heterocycles. The van der Waals surface area contributed by atoms with Crippen LogP contribution in [-0.4, -0.2) is 10.7 Å². The fourth-order valence-electron chi connectivity index (χ4n) is 1.49. The van der Waals surface area contributed by atoms with Gasteiger partial charge in [0.15, 0.2) is 4.34 Å². The highest BCUT2D eigenvalue weighted by molar-refractivity contribution is 8.01. The summed E-state index contributed by atoms with van der Waals surface area (Å²) in [5.41, 5.74) is 7.63. The molecule has 0 spiro atoms. The molecule has 0 aliphatic heterocycles. The molecule has 2 N–H and O–H groups in total. The Bertz CT molecular complexity index is 465. The van der Waals surface area contributed by atoms with Crippen LogP contribution in [-0.2, 0) is 0 Å². The second kappa shape index (κ2) is 5.55. The van der Waals surface area contributed by atoms with E-state index in [0.29, 0.717) is 0 Å². The Balaban J connectivity index is 2.02. The number of rotatable bonds is 5.